The monoisotopic (exact) mass is 283 g/mol. The number of nitrogens with one attached hydrogen (secondary N) is 2. The molecule has 0 radical (unpaired) electrons. The molecule has 0 saturated carbocycles. The van der Waals surface area contributed by atoms with Crippen LogP contribution in [0.15, 0.2) is 36.5 Å². The van der Waals surface area contributed by atoms with Gasteiger partial charge in [0, 0.05) is 11.7 Å². The van der Waals surface area contributed by atoms with Crippen molar-refractivity contribution in [2.75, 3.05) is 10.6 Å². The zero-order valence-electron chi connectivity index (χ0n) is 12.9. The Morgan fingerprint density at radius 1 is 1.10 bits per heavy atom. The lowest BCUT2D eigenvalue weighted by molar-refractivity contribution is 0.102. The second kappa shape index (κ2) is 6.39. The highest BCUT2D eigenvalue weighted by Gasteiger charge is 2.10. The van der Waals surface area contributed by atoms with E-state index in [4.69, 9.17) is 0 Å². The summed E-state index contributed by atoms with van der Waals surface area (Å²) >= 11 is 0. The van der Waals surface area contributed by atoms with Gasteiger partial charge in [0.1, 0.15) is 5.69 Å². The molecule has 0 bridgehead atoms. The van der Waals surface area contributed by atoms with Crippen molar-refractivity contribution in [1.82, 2.24) is 4.98 Å². The quantitative estimate of drug-likeness (QED) is 0.898. The van der Waals surface area contributed by atoms with E-state index in [1.165, 1.54) is 0 Å². The van der Waals surface area contributed by atoms with Crippen molar-refractivity contribution in [3.8, 4) is 0 Å². The summed E-state index contributed by atoms with van der Waals surface area (Å²) in [6.07, 6.45) is 1.68. The Kier molecular flexibility index (Phi) is 4.58. The number of rotatable bonds is 4. The minimum atomic E-state index is -0.191. The van der Waals surface area contributed by atoms with Gasteiger partial charge in [-0.15, -0.1) is 0 Å². The number of carbonyl (C=O) groups is 1. The van der Waals surface area contributed by atoms with Gasteiger partial charge >= 0.3 is 0 Å². The Morgan fingerprint density at radius 3 is 2.29 bits per heavy atom. The fourth-order valence-electron chi connectivity index (χ4n) is 2.14. The van der Waals surface area contributed by atoms with Crippen LogP contribution in [-0.4, -0.2) is 16.9 Å². The summed E-state index contributed by atoms with van der Waals surface area (Å²) in [4.78, 5) is 16.5. The zero-order chi connectivity index (χ0) is 15.4. The molecule has 2 N–H and O–H groups in total. The normalized spacial score (nSPS) is 10.5. The van der Waals surface area contributed by atoms with Crippen molar-refractivity contribution in [3.05, 3.63) is 53.3 Å². The van der Waals surface area contributed by atoms with Gasteiger partial charge in [-0.1, -0.05) is 18.2 Å². The summed E-state index contributed by atoms with van der Waals surface area (Å²) in [5.41, 5.74) is 4.26. The molecule has 0 saturated heterocycles. The smallest absolute Gasteiger partial charge is 0.274 e. The number of aryl methyl sites for hydroxylation is 2. The molecular formula is C17H21N3O. The largest absolute Gasteiger partial charge is 0.382 e. The number of carbonyl (C=O) groups excluding carboxylic acids is 1. The summed E-state index contributed by atoms with van der Waals surface area (Å²) in [6.45, 7) is 8.07. The second-order valence-corrected chi connectivity index (χ2v) is 5.45. The van der Waals surface area contributed by atoms with Gasteiger partial charge in [-0.2, -0.15) is 0 Å². The predicted molar refractivity (Wildman–Crippen MR) is 86.9 cm³/mol. The minimum absolute atomic E-state index is 0.191. The molecule has 0 spiro atoms. The van der Waals surface area contributed by atoms with Gasteiger partial charge in [0.2, 0.25) is 0 Å². The average molecular weight is 283 g/mol. The molecule has 1 amide bonds. The van der Waals surface area contributed by atoms with E-state index in [0.29, 0.717) is 11.7 Å². The molecule has 0 atom stereocenters. The van der Waals surface area contributed by atoms with Crippen LogP contribution in [0.3, 0.4) is 0 Å². The van der Waals surface area contributed by atoms with Crippen molar-refractivity contribution in [2.24, 2.45) is 0 Å². The lowest BCUT2D eigenvalue weighted by Gasteiger charge is -2.12. The molecule has 2 aromatic rings. The molecule has 1 aromatic heterocycles. The standard InChI is InChI=1S/C17H21N3O/c1-11(2)19-14-8-9-15(18-10-14)17(21)20-16-12(3)6-5-7-13(16)4/h5-11,19H,1-4H3,(H,20,21). The Hall–Kier alpha value is -2.36. The van der Waals surface area contributed by atoms with Crippen molar-refractivity contribution in [2.45, 2.75) is 33.7 Å². The third kappa shape index (κ3) is 3.81. The SMILES string of the molecule is Cc1cccc(C)c1NC(=O)c1ccc(NC(C)C)cn1. The number of hydrogen-bond acceptors (Lipinski definition) is 3. The van der Waals surface area contributed by atoms with Gasteiger partial charge in [0.05, 0.1) is 11.9 Å². The minimum Gasteiger partial charge on any atom is -0.382 e. The van der Waals surface area contributed by atoms with E-state index in [1.54, 1.807) is 12.3 Å². The number of anilines is 2. The van der Waals surface area contributed by atoms with Crippen LogP contribution >= 0.6 is 0 Å². The van der Waals surface area contributed by atoms with Crippen molar-refractivity contribution in [3.63, 3.8) is 0 Å². The number of hydrogen-bond donors (Lipinski definition) is 2. The van der Waals surface area contributed by atoms with E-state index in [2.05, 4.69) is 29.5 Å². The summed E-state index contributed by atoms with van der Waals surface area (Å²) < 4.78 is 0. The first-order valence-corrected chi connectivity index (χ1v) is 7.07. The Balaban J connectivity index is 2.13. The van der Waals surface area contributed by atoms with Gasteiger partial charge in [-0.3, -0.25) is 4.79 Å². The van der Waals surface area contributed by atoms with Crippen LogP contribution in [0.25, 0.3) is 0 Å². The van der Waals surface area contributed by atoms with E-state index in [1.807, 2.05) is 38.1 Å². The van der Waals surface area contributed by atoms with Crippen LogP contribution in [0.1, 0.15) is 35.5 Å². The first-order valence-electron chi connectivity index (χ1n) is 7.07. The van der Waals surface area contributed by atoms with Gasteiger partial charge in [-0.25, -0.2) is 4.98 Å². The van der Waals surface area contributed by atoms with Gasteiger partial charge in [-0.05, 0) is 51.0 Å². The summed E-state index contributed by atoms with van der Waals surface area (Å²) in [5.74, 6) is -0.191. The molecule has 2 rings (SSSR count). The molecule has 0 aliphatic rings. The Bertz CT molecular complexity index is 613. The number of amides is 1. The molecule has 4 heteroatoms. The molecular weight excluding hydrogens is 262 g/mol. The molecule has 1 heterocycles. The first-order chi connectivity index (χ1) is 9.97. The average Bonchev–Trinajstić information content (AvgIpc) is 2.43. The highest BCUT2D eigenvalue weighted by atomic mass is 16.1. The Morgan fingerprint density at radius 2 is 1.76 bits per heavy atom. The van der Waals surface area contributed by atoms with Gasteiger partial charge in [0.25, 0.3) is 5.91 Å². The molecule has 0 unspecified atom stereocenters. The van der Waals surface area contributed by atoms with Crippen LogP contribution < -0.4 is 10.6 Å². The summed E-state index contributed by atoms with van der Waals surface area (Å²) in [6, 6.07) is 9.86. The van der Waals surface area contributed by atoms with E-state index >= 15 is 0 Å². The molecule has 1 aromatic carbocycles. The van der Waals surface area contributed by atoms with Gasteiger partial charge < -0.3 is 10.6 Å². The number of benzene rings is 1. The number of aromatic nitrogens is 1. The molecule has 0 fully saturated rings. The van der Waals surface area contributed by atoms with Crippen LogP contribution in [0.2, 0.25) is 0 Å². The van der Waals surface area contributed by atoms with Crippen molar-refractivity contribution < 1.29 is 4.79 Å². The fourth-order valence-corrected chi connectivity index (χ4v) is 2.14. The Labute approximate surface area is 125 Å². The lowest BCUT2D eigenvalue weighted by Crippen LogP contribution is -2.16. The maximum absolute atomic E-state index is 12.3. The zero-order valence-corrected chi connectivity index (χ0v) is 12.9. The summed E-state index contributed by atoms with van der Waals surface area (Å²) in [7, 11) is 0. The number of pyridine rings is 1. The maximum Gasteiger partial charge on any atom is 0.274 e. The third-order valence-corrected chi connectivity index (χ3v) is 3.17. The molecule has 0 aliphatic heterocycles. The van der Waals surface area contributed by atoms with E-state index in [9.17, 15) is 4.79 Å². The first kappa shape index (κ1) is 15.0. The summed E-state index contributed by atoms with van der Waals surface area (Å²) in [5, 5.41) is 6.18. The number of nitrogens with zero attached hydrogens (tertiary/aromatic N) is 1. The van der Waals surface area contributed by atoms with E-state index in [0.717, 1.165) is 22.5 Å². The molecule has 4 nitrogen and oxygen atoms in total. The van der Waals surface area contributed by atoms with Crippen molar-refractivity contribution in [1.29, 1.82) is 0 Å². The molecule has 0 aliphatic carbocycles. The lowest BCUT2D eigenvalue weighted by atomic mass is 10.1. The van der Waals surface area contributed by atoms with Crippen LogP contribution in [0.4, 0.5) is 11.4 Å². The highest BCUT2D eigenvalue weighted by Crippen LogP contribution is 2.20. The third-order valence-electron chi connectivity index (χ3n) is 3.17. The topological polar surface area (TPSA) is 54.0 Å². The van der Waals surface area contributed by atoms with E-state index < -0.39 is 0 Å². The molecule has 110 valence electrons. The van der Waals surface area contributed by atoms with Crippen LogP contribution in [-0.2, 0) is 0 Å². The van der Waals surface area contributed by atoms with Gasteiger partial charge in [0.15, 0.2) is 0 Å². The van der Waals surface area contributed by atoms with Crippen LogP contribution in [0, 0.1) is 13.8 Å². The number of para-hydroxylation sites is 1. The van der Waals surface area contributed by atoms with E-state index in [-0.39, 0.29) is 5.91 Å². The fraction of sp³-hybridized carbons (Fsp3) is 0.294. The van der Waals surface area contributed by atoms with Crippen LogP contribution in [0.5, 0.6) is 0 Å². The maximum atomic E-state index is 12.3. The predicted octanol–water partition coefficient (Wildman–Crippen LogP) is 3.77. The highest BCUT2D eigenvalue weighted by molar-refractivity contribution is 6.03. The van der Waals surface area contributed by atoms with Crippen molar-refractivity contribution >= 4 is 17.3 Å². The molecule has 21 heavy (non-hydrogen) atoms. The second-order valence-electron chi connectivity index (χ2n) is 5.45.